The molecule has 0 aliphatic rings. The van der Waals surface area contributed by atoms with Crippen LogP contribution in [0.2, 0.25) is 0 Å². The van der Waals surface area contributed by atoms with Crippen molar-refractivity contribution >= 4 is 97.9 Å². The number of hydrogen-bond donors (Lipinski definition) is 0. The predicted octanol–water partition coefficient (Wildman–Crippen LogP) is 16.4. The Morgan fingerprint density at radius 3 is 1.77 bits per heavy atom. The van der Waals surface area contributed by atoms with Gasteiger partial charge < -0.3 is 13.6 Å². The smallest absolute Gasteiger partial charge is 0.166 e. The molecule has 0 unspecified atom stereocenters. The standard InChI is InChI=1S/C63H37N5O/c1-2-20-43(21-3-1)67-53-27-12-10-24-46(53)47-31-29-42(35-55(47)67)61-64-62(49-26-14-19-38-15-6-8-22-44(38)49)66-63(65-61)52-37-59-50(48-25-11-13-28-58(48)69-59)36-57(52)68-54-32-30-39-16-7-9-23-45(39)60(54)51-33-40-17-4-5-18-41(40)34-56(51)68/h1-37H. The number of para-hydroxylation sites is 3. The molecule has 0 saturated carbocycles. The largest absolute Gasteiger partial charge is 0.456 e. The molecule has 0 N–H and O–H groups in total. The van der Waals surface area contributed by atoms with Crippen LogP contribution in [0.5, 0.6) is 0 Å². The summed E-state index contributed by atoms with van der Waals surface area (Å²) in [5.41, 5.74) is 10.6. The SMILES string of the molecule is c1ccc(-n2c3ccccc3c3ccc(-c4nc(-c5cc6oc7ccccc7c6cc5-n5c6cc7ccccc7cc6c6c7ccccc7ccc65)nc(-c5cccc6ccccc56)n4)cc32)cc1. The van der Waals surface area contributed by atoms with Gasteiger partial charge in [-0.1, -0.05) is 164 Å². The lowest BCUT2D eigenvalue weighted by molar-refractivity contribution is 0.669. The van der Waals surface area contributed by atoms with Gasteiger partial charge in [0.25, 0.3) is 0 Å². The van der Waals surface area contributed by atoms with Crippen LogP contribution in [0.15, 0.2) is 229 Å². The van der Waals surface area contributed by atoms with E-state index in [1.54, 1.807) is 0 Å². The summed E-state index contributed by atoms with van der Waals surface area (Å²) < 4.78 is 11.5. The van der Waals surface area contributed by atoms with Gasteiger partial charge in [-0.3, -0.25) is 0 Å². The predicted molar refractivity (Wildman–Crippen MR) is 285 cm³/mol. The van der Waals surface area contributed by atoms with Gasteiger partial charge in [0, 0.05) is 54.7 Å². The van der Waals surface area contributed by atoms with Crippen LogP contribution in [0.4, 0.5) is 0 Å². The van der Waals surface area contributed by atoms with Crippen LogP contribution in [-0.2, 0) is 0 Å². The molecule has 15 rings (SSSR count). The summed E-state index contributed by atoms with van der Waals surface area (Å²) in [6.45, 7) is 0. The third-order valence-corrected chi connectivity index (χ3v) is 14.1. The second kappa shape index (κ2) is 14.6. The van der Waals surface area contributed by atoms with Crippen molar-refractivity contribution in [3.8, 4) is 45.5 Å². The van der Waals surface area contributed by atoms with Crippen LogP contribution in [0, 0.1) is 0 Å². The molecule has 69 heavy (non-hydrogen) atoms. The summed E-state index contributed by atoms with van der Waals surface area (Å²) in [6.07, 6.45) is 0. The van der Waals surface area contributed by atoms with Crippen molar-refractivity contribution < 1.29 is 4.42 Å². The number of fused-ring (bicyclic) bond motifs is 13. The minimum absolute atomic E-state index is 0.542. The fourth-order valence-electron chi connectivity index (χ4n) is 11.0. The van der Waals surface area contributed by atoms with Gasteiger partial charge in [-0.15, -0.1) is 0 Å². The van der Waals surface area contributed by atoms with Crippen molar-refractivity contribution in [3.63, 3.8) is 0 Å². The van der Waals surface area contributed by atoms with E-state index in [-0.39, 0.29) is 0 Å². The first-order valence-corrected chi connectivity index (χ1v) is 23.3. The molecule has 6 nitrogen and oxygen atoms in total. The van der Waals surface area contributed by atoms with Gasteiger partial charge in [0.15, 0.2) is 17.5 Å². The molecule has 0 amide bonds. The summed E-state index contributed by atoms with van der Waals surface area (Å²) in [7, 11) is 0. The maximum Gasteiger partial charge on any atom is 0.166 e. The first-order valence-electron chi connectivity index (χ1n) is 23.3. The van der Waals surface area contributed by atoms with E-state index in [1.807, 2.05) is 12.1 Å². The highest BCUT2D eigenvalue weighted by molar-refractivity contribution is 6.24. The Hall–Kier alpha value is -9.39. The van der Waals surface area contributed by atoms with Crippen LogP contribution in [-0.4, -0.2) is 24.1 Å². The van der Waals surface area contributed by atoms with Gasteiger partial charge in [-0.2, -0.15) is 0 Å². The van der Waals surface area contributed by atoms with Crippen molar-refractivity contribution in [2.75, 3.05) is 0 Å². The number of furan rings is 1. The minimum Gasteiger partial charge on any atom is -0.456 e. The fraction of sp³-hybridized carbons (Fsp3) is 0. The Kier molecular flexibility index (Phi) is 7.97. The number of benzene rings is 11. The molecule has 0 spiro atoms. The van der Waals surface area contributed by atoms with Crippen LogP contribution in [0.1, 0.15) is 0 Å². The number of nitrogens with zero attached hydrogens (tertiary/aromatic N) is 5. The average Bonchev–Trinajstić information content (AvgIpc) is 4.06. The molecule has 0 saturated heterocycles. The van der Waals surface area contributed by atoms with E-state index in [9.17, 15) is 0 Å². The molecule has 11 aromatic carbocycles. The topological polar surface area (TPSA) is 61.7 Å². The fourth-order valence-corrected chi connectivity index (χ4v) is 11.0. The third-order valence-electron chi connectivity index (χ3n) is 14.1. The molecule has 4 aromatic heterocycles. The minimum atomic E-state index is 0.542. The van der Waals surface area contributed by atoms with E-state index in [4.69, 9.17) is 19.4 Å². The van der Waals surface area contributed by atoms with Gasteiger partial charge in [-0.25, -0.2) is 15.0 Å². The molecule has 4 heterocycles. The van der Waals surface area contributed by atoms with Crippen LogP contribution < -0.4 is 0 Å². The number of hydrogen-bond acceptors (Lipinski definition) is 4. The Morgan fingerprint density at radius 1 is 0.304 bits per heavy atom. The third kappa shape index (κ3) is 5.69. The van der Waals surface area contributed by atoms with Gasteiger partial charge in [0.2, 0.25) is 0 Å². The van der Waals surface area contributed by atoms with Crippen molar-refractivity contribution in [1.29, 1.82) is 0 Å². The normalized spacial score (nSPS) is 12.1. The van der Waals surface area contributed by atoms with Gasteiger partial charge >= 0.3 is 0 Å². The van der Waals surface area contributed by atoms with E-state index < -0.39 is 0 Å². The van der Waals surface area contributed by atoms with Crippen LogP contribution in [0.3, 0.4) is 0 Å². The Bertz CT molecular complexity index is 4610. The average molecular weight is 880 g/mol. The molecular weight excluding hydrogens is 843 g/mol. The number of rotatable bonds is 5. The first kappa shape index (κ1) is 37.8. The number of aromatic nitrogens is 5. The molecule has 0 fully saturated rings. The Labute approximate surface area is 394 Å². The van der Waals surface area contributed by atoms with Crippen molar-refractivity contribution in [2.45, 2.75) is 0 Å². The van der Waals surface area contributed by atoms with Crippen LogP contribution >= 0.6 is 0 Å². The monoisotopic (exact) mass is 879 g/mol. The summed E-state index contributed by atoms with van der Waals surface area (Å²) in [5, 5.41) is 13.7. The van der Waals surface area contributed by atoms with Gasteiger partial charge in [0.05, 0.1) is 27.8 Å². The summed E-state index contributed by atoms with van der Waals surface area (Å²) >= 11 is 0. The highest BCUT2D eigenvalue weighted by Gasteiger charge is 2.24. The molecule has 6 heteroatoms. The summed E-state index contributed by atoms with van der Waals surface area (Å²) in [5.74, 6) is 1.70. The Balaban J connectivity index is 1.07. The zero-order valence-electron chi connectivity index (χ0n) is 37.0. The van der Waals surface area contributed by atoms with E-state index in [1.165, 1.54) is 37.7 Å². The zero-order valence-corrected chi connectivity index (χ0v) is 37.0. The molecule has 15 aromatic rings. The maximum absolute atomic E-state index is 6.71. The van der Waals surface area contributed by atoms with E-state index in [0.29, 0.717) is 17.5 Å². The lowest BCUT2D eigenvalue weighted by atomic mass is 10.0. The second-order valence-corrected chi connectivity index (χ2v) is 17.9. The molecule has 0 aliphatic heterocycles. The molecule has 0 radical (unpaired) electrons. The maximum atomic E-state index is 6.71. The quantitative estimate of drug-likeness (QED) is 0.173. The molecule has 0 aliphatic carbocycles. The van der Waals surface area contributed by atoms with E-state index in [0.717, 1.165) is 88.2 Å². The van der Waals surface area contributed by atoms with Gasteiger partial charge in [-0.05, 0) is 93.0 Å². The first-order chi connectivity index (χ1) is 34.2. The van der Waals surface area contributed by atoms with E-state index >= 15 is 0 Å². The second-order valence-electron chi connectivity index (χ2n) is 17.9. The highest BCUT2D eigenvalue weighted by atomic mass is 16.3. The lowest BCUT2D eigenvalue weighted by Crippen LogP contribution is -2.04. The molecule has 320 valence electrons. The molecular formula is C63H37N5O. The molecule has 0 atom stereocenters. The lowest BCUT2D eigenvalue weighted by Gasteiger charge is -2.16. The Morgan fingerprint density at radius 2 is 0.928 bits per heavy atom. The van der Waals surface area contributed by atoms with Gasteiger partial charge in [0.1, 0.15) is 11.2 Å². The highest BCUT2D eigenvalue weighted by Crippen LogP contribution is 2.44. The summed E-state index contributed by atoms with van der Waals surface area (Å²) in [6, 6.07) is 79.8. The van der Waals surface area contributed by atoms with Crippen molar-refractivity contribution in [2.24, 2.45) is 0 Å². The zero-order chi connectivity index (χ0) is 45.2. The van der Waals surface area contributed by atoms with Crippen molar-refractivity contribution in [3.05, 3.63) is 224 Å². The van der Waals surface area contributed by atoms with E-state index in [2.05, 4.69) is 221 Å². The van der Waals surface area contributed by atoms with Crippen molar-refractivity contribution in [1.82, 2.24) is 24.1 Å². The molecule has 0 bridgehead atoms. The summed E-state index contributed by atoms with van der Waals surface area (Å²) in [4.78, 5) is 16.5. The van der Waals surface area contributed by atoms with Crippen LogP contribution in [0.25, 0.3) is 143 Å².